The fraction of sp³-hybridized carbons (Fsp3) is 0.562. The van der Waals surface area contributed by atoms with Crippen LogP contribution in [0, 0.1) is 11.2 Å². The summed E-state index contributed by atoms with van der Waals surface area (Å²) in [5, 5.41) is 2.92. The van der Waals surface area contributed by atoms with Gasteiger partial charge in [-0.05, 0) is 31.9 Å². The molecule has 22 heavy (non-hydrogen) atoms. The second-order valence-electron chi connectivity index (χ2n) is 5.33. The molecule has 4 nitrogen and oxygen atoms in total. The number of halogens is 2. The standard InChI is InChI=1S/C16H25FN2O2.ClH/c1-4-16(5-2,11-18)15(20)19-12(3)10-21-14-8-6-7-13(17)9-14;/h6-9,12H,4-5,10-11,18H2,1-3H3,(H,19,20);1H. The van der Waals surface area contributed by atoms with Crippen molar-refractivity contribution >= 4 is 18.3 Å². The highest BCUT2D eigenvalue weighted by Crippen LogP contribution is 2.25. The molecule has 1 aromatic rings. The average molecular weight is 333 g/mol. The molecule has 0 spiro atoms. The van der Waals surface area contributed by atoms with Crippen LogP contribution >= 0.6 is 12.4 Å². The van der Waals surface area contributed by atoms with Gasteiger partial charge in [-0.15, -0.1) is 12.4 Å². The zero-order valence-corrected chi connectivity index (χ0v) is 14.2. The molecule has 1 rings (SSSR count). The van der Waals surface area contributed by atoms with Gasteiger partial charge >= 0.3 is 0 Å². The maximum atomic E-state index is 13.0. The minimum atomic E-state index is -0.521. The van der Waals surface area contributed by atoms with Crippen LogP contribution in [0.2, 0.25) is 0 Å². The van der Waals surface area contributed by atoms with E-state index in [2.05, 4.69) is 5.32 Å². The van der Waals surface area contributed by atoms with Gasteiger partial charge in [0.2, 0.25) is 5.91 Å². The topological polar surface area (TPSA) is 64.4 Å². The number of carbonyl (C=O) groups excluding carboxylic acids is 1. The molecule has 6 heteroatoms. The summed E-state index contributed by atoms with van der Waals surface area (Å²) in [6, 6.07) is 5.76. The number of amides is 1. The third-order valence-corrected chi connectivity index (χ3v) is 3.90. The van der Waals surface area contributed by atoms with Gasteiger partial charge in [0.15, 0.2) is 0 Å². The quantitative estimate of drug-likeness (QED) is 0.769. The predicted octanol–water partition coefficient (Wildman–Crippen LogP) is 2.90. The van der Waals surface area contributed by atoms with E-state index in [1.165, 1.54) is 12.1 Å². The molecular formula is C16H26ClFN2O2. The van der Waals surface area contributed by atoms with Crippen molar-refractivity contribution in [2.24, 2.45) is 11.1 Å². The zero-order chi connectivity index (χ0) is 15.9. The van der Waals surface area contributed by atoms with E-state index in [1.54, 1.807) is 12.1 Å². The number of nitrogens with two attached hydrogens (primary N) is 1. The summed E-state index contributed by atoms with van der Waals surface area (Å²) in [4.78, 5) is 12.3. The SMILES string of the molecule is CCC(CC)(CN)C(=O)NC(C)COc1cccc(F)c1.Cl. The fourth-order valence-electron chi connectivity index (χ4n) is 2.15. The van der Waals surface area contributed by atoms with Crippen LogP contribution in [0.4, 0.5) is 4.39 Å². The van der Waals surface area contributed by atoms with Crippen LogP contribution in [-0.4, -0.2) is 25.1 Å². The van der Waals surface area contributed by atoms with Gasteiger partial charge in [-0.1, -0.05) is 19.9 Å². The van der Waals surface area contributed by atoms with Crippen LogP contribution in [0.3, 0.4) is 0 Å². The van der Waals surface area contributed by atoms with Crippen LogP contribution in [0.25, 0.3) is 0 Å². The maximum absolute atomic E-state index is 13.0. The highest BCUT2D eigenvalue weighted by Gasteiger charge is 2.33. The maximum Gasteiger partial charge on any atom is 0.227 e. The molecule has 0 bridgehead atoms. The van der Waals surface area contributed by atoms with Crippen LogP contribution in [0.1, 0.15) is 33.6 Å². The van der Waals surface area contributed by atoms with E-state index in [9.17, 15) is 9.18 Å². The molecule has 0 heterocycles. The van der Waals surface area contributed by atoms with E-state index < -0.39 is 5.41 Å². The van der Waals surface area contributed by atoms with Gasteiger partial charge in [-0.3, -0.25) is 4.79 Å². The monoisotopic (exact) mass is 332 g/mol. The van der Waals surface area contributed by atoms with Crippen molar-refractivity contribution in [3.63, 3.8) is 0 Å². The van der Waals surface area contributed by atoms with Crippen molar-refractivity contribution in [1.82, 2.24) is 5.32 Å². The number of ether oxygens (including phenoxy) is 1. The lowest BCUT2D eigenvalue weighted by molar-refractivity contribution is -0.131. The van der Waals surface area contributed by atoms with E-state index in [0.29, 0.717) is 25.1 Å². The van der Waals surface area contributed by atoms with E-state index in [1.807, 2.05) is 20.8 Å². The first-order valence-corrected chi connectivity index (χ1v) is 7.36. The molecule has 0 saturated carbocycles. The Hall–Kier alpha value is -1.33. The molecule has 1 amide bonds. The van der Waals surface area contributed by atoms with Crippen LogP contribution in [0.5, 0.6) is 5.75 Å². The minimum Gasteiger partial charge on any atom is -0.491 e. The van der Waals surface area contributed by atoms with Gasteiger partial charge in [-0.2, -0.15) is 0 Å². The van der Waals surface area contributed by atoms with Crippen LogP contribution < -0.4 is 15.8 Å². The van der Waals surface area contributed by atoms with Crippen LogP contribution in [0.15, 0.2) is 24.3 Å². The molecule has 0 radical (unpaired) electrons. The second kappa shape index (κ2) is 9.64. The van der Waals surface area contributed by atoms with Gasteiger partial charge in [0.1, 0.15) is 18.2 Å². The molecule has 0 aliphatic rings. The summed E-state index contributed by atoms with van der Waals surface area (Å²) in [7, 11) is 0. The van der Waals surface area contributed by atoms with Crippen molar-refractivity contribution < 1.29 is 13.9 Å². The van der Waals surface area contributed by atoms with E-state index >= 15 is 0 Å². The Kier molecular flexibility index (Phi) is 9.06. The summed E-state index contributed by atoms with van der Waals surface area (Å²) < 4.78 is 18.5. The molecular weight excluding hydrogens is 307 g/mol. The first-order valence-electron chi connectivity index (χ1n) is 7.36. The summed E-state index contributed by atoms with van der Waals surface area (Å²) in [5.41, 5.74) is 5.23. The highest BCUT2D eigenvalue weighted by atomic mass is 35.5. The second-order valence-corrected chi connectivity index (χ2v) is 5.33. The third kappa shape index (κ3) is 5.46. The van der Waals surface area contributed by atoms with Gasteiger partial charge < -0.3 is 15.8 Å². The number of rotatable bonds is 8. The molecule has 1 aromatic carbocycles. The van der Waals surface area contributed by atoms with Gasteiger partial charge in [0.25, 0.3) is 0 Å². The van der Waals surface area contributed by atoms with Gasteiger partial charge in [-0.25, -0.2) is 4.39 Å². The van der Waals surface area contributed by atoms with Crippen molar-refractivity contribution in [3.05, 3.63) is 30.1 Å². The van der Waals surface area contributed by atoms with Crippen molar-refractivity contribution in [2.45, 2.75) is 39.7 Å². The minimum absolute atomic E-state index is 0. The molecule has 126 valence electrons. The first kappa shape index (κ1) is 20.7. The molecule has 0 aliphatic carbocycles. The highest BCUT2D eigenvalue weighted by molar-refractivity contribution is 5.85. The van der Waals surface area contributed by atoms with Gasteiger partial charge in [0, 0.05) is 12.6 Å². The summed E-state index contributed by atoms with van der Waals surface area (Å²) in [5.74, 6) is 0.0563. The molecule has 3 N–H and O–H groups in total. The summed E-state index contributed by atoms with van der Waals surface area (Å²) >= 11 is 0. The number of nitrogens with one attached hydrogen (secondary N) is 1. The van der Waals surface area contributed by atoms with Crippen molar-refractivity contribution in [3.8, 4) is 5.75 Å². The largest absolute Gasteiger partial charge is 0.491 e. The smallest absolute Gasteiger partial charge is 0.227 e. The lowest BCUT2D eigenvalue weighted by Gasteiger charge is -2.30. The Morgan fingerprint density at radius 2 is 2.05 bits per heavy atom. The number of carbonyl (C=O) groups is 1. The van der Waals surface area contributed by atoms with Crippen molar-refractivity contribution in [1.29, 1.82) is 0 Å². The number of benzene rings is 1. The Bertz CT molecular complexity index is 459. The average Bonchev–Trinajstić information content (AvgIpc) is 2.48. The first-order chi connectivity index (χ1) is 9.97. The lowest BCUT2D eigenvalue weighted by Crippen LogP contribution is -2.49. The molecule has 0 fully saturated rings. The van der Waals surface area contributed by atoms with Crippen molar-refractivity contribution in [2.75, 3.05) is 13.2 Å². The van der Waals surface area contributed by atoms with E-state index in [0.717, 1.165) is 0 Å². The van der Waals surface area contributed by atoms with E-state index in [-0.39, 0.29) is 36.8 Å². The molecule has 0 aromatic heterocycles. The summed E-state index contributed by atoms with van der Waals surface area (Å²) in [6.07, 6.45) is 1.40. The zero-order valence-electron chi connectivity index (χ0n) is 13.4. The molecule has 1 unspecified atom stereocenters. The van der Waals surface area contributed by atoms with Gasteiger partial charge in [0.05, 0.1) is 11.5 Å². The lowest BCUT2D eigenvalue weighted by atomic mass is 9.81. The summed E-state index contributed by atoms with van der Waals surface area (Å²) in [6.45, 7) is 6.38. The number of hydrogen-bond donors (Lipinski definition) is 2. The normalized spacial score (nSPS) is 12.2. The molecule has 0 saturated heterocycles. The fourth-order valence-corrected chi connectivity index (χ4v) is 2.15. The van der Waals surface area contributed by atoms with E-state index in [4.69, 9.17) is 10.5 Å². The molecule has 0 aliphatic heterocycles. The third-order valence-electron chi connectivity index (χ3n) is 3.90. The Balaban J connectivity index is 0.00000441. The Morgan fingerprint density at radius 1 is 1.41 bits per heavy atom. The van der Waals surface area contributed by atoms with Crippen LogP contribution in [-0.2, 0) is 4.79 Å². The molecule has 1 atom stereocenters. The Morgan fingerprint density at radius 3 is 2.55 bits per heavy atom. The number of hydrogen-bond acceptors (Lipinski definition) is 3. The predicted molar refractivity (Wildman–Crippen MR) is 88.8 cm³/mol. The Labute approximate surface area is 138 Å².